The Morgan fingerprint density at radius 3 is 1.56 bits per heavy atom. The number of likely N-dealkylation sites (N-methyl/N-ethyl adjacent to an activating group) is 1. The molecule has 0 aromatic heterocycles. The van der Waals surface area contributed by atoms with Crippen molar-refractivity contribution in [3.8, 4) is 11.5 Å². The Kier molecular flexibility index (Phi) is 21.1. The first-order valence-electron chi connectivity index (χ1n) is 21.1. The lowest BCUT2D eigenvalue weighted by Gasteiger charge is -2.23. The van der Waals surface area contributed by atoms with Crippen molar-refractivity contribution in [2.45, 2.75) is 51.9 Å². The minimum absolute atomic E-state index is 0.192. The lowest BCUT2D eigenvalue weighted by molar-refractivity contribution is -0.401. The summed E-state index contributed by atoms with van der Waals surface area (Å²) in [7, 11) is 5.91. The van der Waals surface area contributed by atoms with Crippen molar-refractivity contribution in [3.63, 3.8) is 0 Å². The average Bonchev–Trinajstić information content (AvgIpc) is 3.53. The minimum atomic E-state index is -0.193. The van der Waals surface area contributed by atoms with Crippen molar-refractivity contribution in [1.29, 1.82) is 0 Å². The van der Waals surface area contributed by atoms with E-state index in [0.29, 0.717) is 106 Å². The molecular formula is C47H71N2O10+. The van der Waals surface area contributed by atoms with Crippen LogP contribution in [0.1, 0.15) is 52.2 Å². The number of hydrogen-bond acceptors (Lipinski definition) is 11. The first-order valence-corrected chi connectivity index (χ1v) is 21.1. The number of benzene rings is 2. The van der Waals surface area contributed by atoms with Crippen LogP contribution in [-0.4, -0.2) is 144 Å². The molecule has 0 aliphatic carbocycles. The van der Waals surface area contributed by atoms with Gasteiger partial charge in [-0.25, -0.2) is 0 Å². The van der Waals surface area contributed by atoms with Crippen LogP contribution in [-0.2, 0) is 48.7 Å². The van der Waals surface area contributed by atoms with Crippen molar-refractivity contribution in [1.82, 2.24) is 0 Å². The zero-order valence-electron chi connectivity index (χ0n) is 37.1. The van der Waals surface area contributed by atoms with Gasteiger partial charge < -0.3 is 52.3 Å². The highest BCUT2D eigenvalue weighted by Crippen LogP contribution is 2.48. The number of allylic oxidation sites excluding steroid dienone is 6. The average molecular weight is 824 g/mol. The van der Waals surface area contributed by atoms with Crippen LogP contribution < -0.4 is 14.4 Å². The maximum atomic E-state index is 6.08. The van der Waals surface area contributed by atoms with Crippen molar-refractivity contribution in [3.05, 3.63) is 83.6 Å². The Bertz CT molecular complexity index is 1670. The van der Waals surface area contributed by atoms with Crippen molar-refractivity contribution in [2.24, 2.45) is 0 Å². The Labute approximate surface area is 353 Å². The fourth-order valence-corrected chi connectivity index (χ4v) is 7.20. The van der Waals surface area contributed by atoms with E-state index in [4.69, 9.17) is 47.4 Å². The Morgan fingerprint density at radius 2 is 1.03 bits per heavy atom. The number of fused-ring (bicyclic) bond motifs is 2. The topological polar surface area (TPSA) is 98.6 Å². The summed E-state index contributed by atoms with van der Waals surface area (Å²) in [6, 6.07) is 12.7. The molecule has 2 aliphatic rings. The summed E-state index contributed by atoms with van der Waals surface area (Å²) in [5, 5.41) is 0. The third-order valence-electron chi connectivity index (χ3n) is 10.4. The molecule has 59 heavy (non-hydrogen) atoms. The number of anilines is 1. The molecule has 2 heterocycles. The second-order valence-corrected chi connectivity index (χ2v) is 15.4. The third kappa shape index (κ3) is 14.8. The fraction of sp³-hybridized carbons (Fsp3) is 0.596. The lowest BCUT2D eigenvalue weighted by atomic mass is 9.81. The van der Waals surface area contributed by atoms with Gasteiger partial charge >= 0.3 is 0 Å². The number of nitrogens with zero attached hydrogens (tertiary/aromatic N) is 2. The minimum Gasteiger partial charge on any atom is -0.491 e. The van der Waals surface area contributed by atoms with E-state index in [0.717, 1.165) is 24.5 Å². The second kappa shape index (κ2) is 25.9. The fourth-order valence-electron chi connectivity index (χ4n) is 7.20. The number of methoxy groups -OCH3 is 1. The molecule has 0 saturated carbocycles. The molecule has 2 aliphatic heterocycles. The first kappa shape index (κ1) is 48.1. The van der Waals surface area contributed by atoms with Crippen molar-refractivity contribution < 1.29 is 51.9 Å². The highest BCUT2D eigenvalue weighted by atomic mass is 16.6. The van der Waals surface area contributed by atoms with Gasteiger partial charge in [0.25, 0.3) is 0 Å². The van der Waals surface area contributed by atoms with Crippen LogP contribution >= 0.6 is 0 Å². The van der Waals surface area contributed by atoms with Crippen LogP contribution in [0.2, 0.25) is 0 Å². The predicted molar refractivity (Wildman–Crippen MR) is 233 cm³/mol. The Hall–Kier alpha value is -3.59. The van der Waals surface area contributed by atoms with Crippen LogP contribution in [0.3, 0.4) is 0 Å². The van der Waals surface area contributed by atoms with Crippen LogP contribution in [0.15, 0.2) is 72.5 Å². The maximum Gasteiger partial charge on any atom is 0.209 e. The van der Waals surface area contributed by atoms with Gasteiger partial charge in [-0.3, -0.25) is 0 Å². The van der Waals surface area contributed by atoms with Gasteiger partial charge in [0.15, 0.2) is 5.71 Å². The Morgan fingerprint density at radius 1 is 0.559 bits per heavy atom. The van der Waals surface area contributed by atoms with Crippen LogP contribution in [0.25, 0.3) is 0 Å². The molecule has 0 amide bonds. The molecule has 0 fully saturated rings. The standard InChI is InChI=1S/C47H71N2O10/c1-9-19-51-22-23-53-26-27-55-29-31-57-33-35-59-39-16-18-43-41(37-39)47(4,5)45(49(43)7)14-12-10-11-13-44-46(2,3)40-36-38(15-17-42(40)48(44)6)58-34-32-56-30-28-54-25-24-52-21-20-50-8/h10-18,36-37H,9,19-35H2,1-8H3/q+1. The first-order chi connectivity index (χ1) is 28.6. The summed E-state index contributed by atoms with van der Waals surface area (Å²) >= 11 is 0. The van der Waals surface area contributed by atoms with Crippen LogP contribution in [0.5, 0.6) is 11.5 Å². The summed E-state index contributed by atoms with van der Waals surface area (Å²) in [5.41, 5.74) is 6.89. The van der Waals surface area contributed by atoms with Crippen molar-refractivity contribution >= 4 is 17.1 Å². The quantitative estimate of drug-likeness (QED) is 0.0445. The van der Waals surface area contributed by atoms with E-state index in [1.807, 2.05) is 12.1 Å². The molecule has 0 saturated heterocycles. The van der Waals surface area contributed by atoms with Gasteiger partial charge in [0.2, 0.25) is 5.69 Å². The van der Waals surface area contributed by atoms with Crippen LogP contribution in [0, 0.1) is 0 Å². The van der Waals surface area contributed by atoms with E-state index in [1.54, 1.807) is 7.11 Å². The van der Waals surface area contributed by atoms with Gasteiger partial charge in [-0.15, -0.1) is 0 Å². The van der Waals surface area contributed by atoms with Gasteiger partial charge in [-0.2, -0.15) is 4.58 Å². The summed E-state index contributed by atoms with van der Waals surface area (Å²) in [6.45, 7) is 20.5. The summed E-state index contributed by atoms with van der Waals surface area (Å²) in [4.78, 5) is 2.27. The van der Waals surface area contributed by atoms with Gasteiger partial charge in [0.1, 0.15) is 31.8 Å². The zero-order chi connectivity index (χ0) is 42.4. The SMILES string of the molecule is CCCOCCOCCOCCOCCOc1ccc2c(c1)C(C)(C)\C(=C/C=C\C=C/C1=[N+](C)c3ccc(OCCOCCOCCOCCOC)cc3C1(C)C)N2C. The molecule has 0 atom stereocenters. The highest BCUT2D eigenvalue weighted by Gasteiger charge is 2.43. The van der Waals surface area contributed by atoms with E-state index in [1.165, 1.54) is 33.9 Å². The van der Waals surface area contributed by atoms with E-state index >= 15 is 0 Å². The molecule has 0 N–H and O–H groups in total. The molecule has 328 valence electrons. The highest BCUT2D eigenvalue weighted by molar-refractivity contribution is 6.03. The normalized spacial score (nSPS) is 16.3. The number of hydrogen-bond donors (Lipinski definition) is 0. The molecule has 12 heteroatoms. The summed E-state index contributed by atoms with van der Waals surface area (Å²) in [6.07, 6.45) is 11.8. The maximum absolute atomic E-state index is 6.08. The molecule has 0 bridgehead atoms. The molecule has 0 unspecified atom stereocenters. The molecular weight excluding hydrogens is 753 g/mol. The summed E-state index contributed by atoms with van der Waals surface area (Å²) < 4.78 is 58.1. The Balaban J connectivity index is 1.18. The van der Waals surface area contributed by atoms with E-state index in [9.17, 15) is 0 Å². The van der Waals surface area contributed by atoms with E-state index in [-0.39, 0.29) is 10.8 Å². The van der Waals surface area contributed by atoms with E-state index in [2.05, 4.69) is 113 Å². The summed E-state index contributed by atoms with van der Waals surface area (Å²) in [5.74, 6) is 1.68. The van der Waals surface area contributed by atoms with Gasteiger partial charge in [0.05, 0.1) is 97.9 Å². The number of rotatable bonds is 31. The smallest absolute Gasteiger partial charge is 0.209 e. The number of ether oxygens (including phenoxy) is 10. The molecule has 2 aromatic carbocycles. The van der Waals surface area contributed by atoms with Gasteiger partial charge in [-0.1, -0.05) is 39.0 Å². The second-order valence-electron chi connectivity index (χ2n) is 15.4. The zero-order valence-corrected chi connectivity index (χ0v) is 37.1. The largest absolute Gasteiger partial charge is 0.491 e. The predicted octanol–water partition coefficient (Wildman–Crippen LogP) is 7.05. The van der Waals surface area contributed by atoms with E-state index < -0.39 is 0 Å². The monoisotopic (exact) mass is 824 g/mol. The molecule has 0 spiro atoms. The molecule has 4 rings (SSSR count). The molecule has 12 nitrogen and oxygen atoms in total. The molecule has 2 aromatic rings. The van der Waals surface area contributed by atoms with Gasteiger partial charge in [0, 0.05) is 55.3 Å². The molecule has 0 radical (unpaired) electrons. The van der Waals surface area contributed by atoms with Crippen LogP contribution in [0.4, 0.5) is 11.4 Å². The third-order valence-corrected chi connectivity index (χ3v) is 10.4. The lowest BCUT2D eigenvalue weighted by Crippen LogP contribution is -2.26. The van der Waals surface area contributed by atoms with Gasteiger partial charge in [-0.05, 0) is 62.2 Å². The van der Waals surface area contributed by atoms with Crippen molar-refractivity contribution in [2.75, 3.05) is 138 Å².